The van der Waals surface area contributed by atoms with E-state index in [2.05, 4.69) is 23.6 Å². The van der Waals surface area contributed by atoms with Gasteiger partial charge in [-0.05, 0) is 65.7 Å². The Bertz CT molecular complexity index is 1080. The molecule has 1 amide bonds. The zero-order valence-electron chi connectivity index (χ0n) is 18.8. The number of halogens is 1. The number of carbonyl (C=O) groups excluding carboxylic acids is 2. The van der Waals surface area contributed by atoms with Crippen LogP contribution < -0.4 is 9.47 Å². The number of carbonyl (C=O) groups is 2. The van der Waals surface area contributed by atoms with Crippen LogP contribution in [0.3, 0.4) is 0 Å². The normalized spacial score (nSPS) is 16.1. The third-order valence-corrected chi connectivity index (χ3v) is 5.80. The van der Waals surface area contributed by atoms with E-state index in [9.17, 15) is 9.59 Å². The van der Waals surface area contributed by atoms with Crippen LogP contribution in [0.1, 0.15) is 19.4 Å². The van der Waals surface area contributed by atoms with Crippen molar-refractivity contribution in [1.82, 2.24) is 4.90 Å². The maximum Gasteiger partial charge on any atom is 0.343 e. The summed E-state index contributed by atoms with van der Waals surface area (Å²) in [7, 11) is 2.80. The number of ether oxygens (including phenoxy) is 3. The molecule has 0 bridgehead atoms. The van der Waals surface area contributed by atoms with E-state index in [4.69, 9.17) is 21.1 Å². The van der Waals surface area contributed by atoms with Crippen LogP contribution in [-0.2, 0) is 14.3 Å². The summed E-state index contributed by atoms with van der Waals surface area (Å²) in [6.45, 7) is 4.44. The highest BCUT2D eigenvalue weighted by Gasteiger charge is 2.33. The number of hydrogen-bond acceptors (Lipinski definition) is 7. The minimum Gasteiger partial charge on any atom is -0.493 e. The van der Waals surface area contributed by atoms with Gasteiger partial charge in [0.15, 0.2) is 23.3 Å². The summed E-state index contributed by atoms with van der Waals surface area (Å²) in [4.78, 5) is 31.4. The molecule has 0 spiro atoms. The zero-order valence-corrected chi connectivity index (χ0v) is 20.4. The van der Waals surface area contributed by atoms with Crippen molar-refractivity contribution in [1.29, 1.82) is 0 Å². The second-order valence-corrected chi connectivity index (χ2v) is 9.01. The molecule has 174 valence electrons. The molecule has 2 aromatic carbocycles. The first-order valence-corrected chi connectivity index (χ1v) is 11.4. The predicted octanol–water partition coefficient (Wildman–Crippen LogP) is 5.16. The van der Waals surface area contributed by atoms with Crippen LogP contribution in [0.25, 0.3) is 6.08 Å². The minimum atomic E-state index is -0.492. The third kappa shape index (κ3) is 6.52. The van der Waals surface area contributed by atoms with E-state index in [-0.39, 0.29) is 18.4 Å². The van der Waals surface area contributed by atoms with Crippen molar-refractivity contribution in [2.75, 3.05) is 27.4 Å². The fourth-order valence-corrected chi connectivity index (χ4v) is 4.12. The van der Waals surface area contributed by atoms with Crippen molar-refractivity contribution >= 4 is 52.2 Å². The molecule has 0 N–H and O–H groups in total. The molecule has 33 heavy (non-hydrogen) atoms. The summed E-state index contributed by atoms with van der Waals surface area (Å²) < 4.78 is 15.4. The average Bonchev–Trinajstić information content (AvgIpc) is 3.07. The molecule has 7 nitrogen and oxygen atoms in total. The largest absolute Gasteiger partial charge is 0.493 e. The smallest absolute Gasteiger partial charge is 0.343 e. The molecule has 1 heterocycles. The molecule has 0 atom stereocenters. The van der Waals surface area contributed by atoms with Crippen molar-refractivity contribution in [2.24, 2.45) is 10.9 Å². The van der Waals surface area contributed by atoms with Crippen molar-refractivity contribution in [2.45, 2.75) is 13.8 Å². The SMILES string of the molecule is COC(=O)COc1ccc(/C=C2\SC(=Nc3ccc(Cl)cc3)N(CC(C)C)C2=O)cc1OC. The van der Waals surface area contributed by atoms with Gasteiger partial charge in [-0.15, -0.1) is 0 Å². The van der Waals surface area contributed by atoms with E-state index in [1.54, 1.807) is 41.3 Å². The fraction of sp³-hybridized carbons (Fsp3) is 0.292. The second-order valence-electron chi connectivity index (χ2n) is 7.57. The van der Waals surface area contributed by atoms with Gasteiger partial charge in [0.05, 0.1) is 24.8 Å². The first kappa shape index (κ1) is 24.7. The Morgan fingerprint density at radius 3 is 2.52 bits per heavy atom. The Balaban J connectivity index is 1.88. The molecule has 0 radical (unpaired) electrons. The number of amidine groups is 1. The predicted molar refractivity (Wildman–Crippen MR) is 131 cm³/mol. The Morgan fingerprint density at radius 2 is 1.88 bits per heavy atom. The first-order chi connectivity index (χ1) is 15.8. The first-order valence-electron chi connectivity index (χ1n) is 10.2. The molecule has 3 rings (SSSR count). The highest BCUT2D eigenvalue weighted by Crippen LogP contribution is 2.36. The van der Waals surface area contributed by atoms with Crippen LogP contribution in [0.4, 0.5) is 5.69 Å². The Hall–Kier alpha value is -2.97. The summed E-state index contributed by atoms with van der Waals surface area (Å²) >= 11 is 7.29. The third-order valence-electron chi connectivity index (χ3n) is 4.55. The van der Waals surface area contributed by atoms with Gasteiger partial charge < -0.3 is 14.2 Å². The number of esters is 1. The van der Waals surface area contributed by atoms with Crippen molar-refractivity contribution in [3.8, 4) is 11.5 Å². The van der Waals surface area contributed by atoms with E-state index in [0.717, 1.165) is 11.3 Å². The number of benzene rings is 2. The molecule has 1 fully saturated rings. The Morgan fingerprint density at radius 1 is 1.15 bits per heavy atom. The number of amides is 1. The number of hydrogen-bond donors (Lipinski definition) is 0. The van der Waals surface area contributed by atoms with Gasteiger partial charge in [0.2, 0.25) is 0 Å². The molecule has 0 aromatic heterocycles. The van der Waals surface area contributed by atoms with Crippen LogP contribution in [0.5, 0.6) is 11.5 Å². The summed E-state index contributed by atoms with van der Waals surface area (Å²) in [5, 5.41) is 1.24. The lowest BCUT2D eigenvalue weighted by atomic mass is 10.1. The molecule has 0 aliphatic carbocycles. The summed E-state index contributed by atoms with van der Waals surface area (Å²) in [6.07, 6.45) is 1.79. The number of rotatable bonds is 8. The van der Waals surface area contributed by atoms with Crippen molar-refractivity contribution < 1.29 is 23.8 Å². The quantitative estimate of drug-likeness (QED) is 0.377. The average molecular weight is 489 g/mol. The molecular weight excluding hydrogens is 464 g/mol. The van der Waals surface area contributed by atoms with Gasteiger partial charge in [0, 0.05) is 11.6 Å². The van der Waals surface area contributed by atoms with Crippen LogP contribution in [0.2, 0.25) is 5.02 Å². The van der Waals surface area contributed by atoms with E-state index in [1.165, 1.54) is 26.0 Å². The lowest BCUT2D eigenvalue weighted by molar-refractivity contribution is -0.142. The van der Waals surface area contributed by atoms with Gasteiger partial charge in [-0.25, -0.2) is 9.79 Å². The molecule has 0 unspecified atom stereocenters. The molecule has 1 saturated heterocycles. The Labute approximate surface area is 202 Å². The van der Waals surface area contributed by atoms with Gasteiger partial charge in [0.25, 0.3) is 5.91 Å². The lowest BCUT2D eigenvalue weighted by Gasteiger charge is -2.17. The standard InChI is InChI=1S/C24H25ClN2O5S/c1-15(2)13-27-23(29)21(33-24(27)26-18-8-6-17(25)7-9-18)12-16-5-10-19(20(11-16)30-3)32-14-22(28)31-4/h5-12,15H,13-14H2,1-4H3/b21-12-,26-24?. The van der Waals surface area contributed by atoms with Gasteiger partial charge in [0.1, 0.15) is 0 Å². The summed E-state index contributed by atoms with van der Waals surface area (Å²) in [5.41, 5.74) is 1.48. The van der Waals surface area contributed by atoms with Gasteiger partial charge >= 0.3 is 5.97 Å². The molecule has 2 aromatic rings. The maximum atomic E-state index is 13.2. The monoisotopic (exact) mass is 488 g/mol. The second kappa shape index (κ2) is 11.2. The highest BCUT2D eigenvalue weighted by molar-refractivity contribution is 8.18. The molecule has 1 aliphatic rings. The van der Waals surface area contributed by atoms with Gasteiger partial charge in [-0.1, -0.05) is 31.5 Å². The molecule has 9 heteroatoms. The van der Waals surface area contributed by atoms with E-state index in [1.807, 2.05) is 12.1 Å². The van der Waals surface area contributed by atoms with Crippen molar-refractivity contribution in [3.05, 3.63) is 58.0 Å². The molecule has 0 saturated carbocycles. The van der Waals surface area contributed by atoms with E-state index < -0.39 is 5.97 Å². The number of methoxy groups -OCH3 is 2. The number of aliphatic imine (C=N–C) groups is 1. The summed E-state index contributed by atoms with van der Waals surface area (Å²) in [5.74, 6) is 0.524. The molecular formula is C24H25ClN2O5S. The topological polar surface area (TPSA) is 77.4 Å². The maximum absolute atomic E-state index is 13.2. The lowest BCUT2D eigenvalue weighted by Crippen LogP contribution is -2.32. The Kier molecular flexibility index (Phi) is 8.41. The van der Waals surface area contributed by atoms with E-state index >= 15 is 0 Å². The fourth-order valence-electron chi connectivity index (χ4n) is 2.98. The van der Waals surface area contributed by atoms with Crippen LogP contribution in [-0.4, -0.2) is 49.3 Å². The van der Waals surface area contributed by atoms with Crippen LogP contribution in [0, 0.1) is 5.92 Å². The zero-order chi connectivity index (χ0) is 24.0. The van der Waals surface area contributed by atoms with Crippen molar-refractivity contribution in [3.63, 3.8) is 0 Å². The highest BCUT2D eigenvalue weighted by atomic mass is 35.5. The number of nitrogens with zero attached hydrogens (tertiary/aromatic N) is 2. The number of thioether (sulfide) groups is 1. The summed E-state index contributed by atoms with van der Waals surface area (Å²) in [6, 6.07) is 12.4. The van der Waals surface area contributed by atoms with Crippen LogP contribution >= 0.6 is 23.4 Å². The van der Waals surface area contributed by atoms with E-state index in [0.29, 0.717) is 33.1 Å². The molecule has 1 aliphatic heterocycles. The van der Waals surface area contributed by atoms with Gasteiger partial charge in [-0.3, -0.25) is 9.69 Å². The van der Waals surface area contributed by atoms with Crippen LogP contribution in [0.15, 0.2) is 52.4 Å². The minimum absolute atomic E-state index is 0.105. The van der Waals surface area contributed by atoms with Gasteiger partial charge in [-0.2, -0.15) is 0 Å².